The number of hydrogen-bond donors (Lipinski definition) is 0. The van der Waals surface area contributed by atoms with E-state index in [1.165, 1.54) is 21.4 Å². The third-order valence-electron chi connectivity index (χ3n) is 4.11. The molecule has 126 valence electrons. The second kappa shape index (κ2) is 7.23. The zero-order chi connectivity index (χ0) is 18.0. The molecule has 0 aliphatic heterocycles. The Morgan fingerprint density at radius 3 is 2.24 bits per heavy atom. The van der Waals surface area contributed by atoms with Gasteiger partial charge in [0.2, 0.25) is 0 Å². The average molecular weight is 444 g/mol. The molecule has 0 amide bonds. The molecule has 0 unspecified atom stereocenters. The maximum absolute atomic E-state index is 10.7. The normalized spacial score (nSPS) is 11.2. The minimum atomic E-state index is -0.387. The van der Waals surface area contributed by atoms with Crippen LogP contribution in [0.4, 0.5) is 5.69 Å². The smallest absolute Gasteiger partial charge is 0.269 e. The van der Waals surface area contributed by atoms with Crippen LogP contribution < -0.4 is 0 Å². The number of rotatable bonds is 4. The molecule has 1 aromatic heterocycles. The van der Waals surface area contributed by atoms with Crippen LogP contribution in [0, 0.1) is 27.5 Å². The number of nitrogens with zero attached hydrogens (tertiary/aromatic N) is 2. The van der Waals surface area contributed by atoms with Gasteiger partial charge in [0, 0.05) is 32.8 Å². The minimum Gasteiger partial charge on any atom is -0.318 e. The molecular weight excluding hydrogens is 427 g/mol. The van der Waals surface area contributed by atoms with Gasteiger partial charge in [0.1, 0.15) is 0 Å². The van der Waals surface area contributed by atoms with Crippen LogP contribution in [0.15, 0.2) is 54.6 Å². The van der Waals surface area contributed by atoms with Crippen LogP contribution in [0.5, 0.6) is 0 Å². The summed E-state index contributed by atoms with van der Waals surface area (Å²) in [5.74, 6) is 0. The Hall–Kier alpha value is -2.41. The first-order chi connectivity index (χ1) is 12.0. The van der Waals surface area contributed by atoms with E-state index in [-0.39, 0.29) is 10.6 Å². The summed E-state index contributed by atoms with van der Waals surface area (Å²) in [6.07, 6.45) is 4.02. The van der Waals surface area contributed by atoms with Crippen LogP contribution in [0.1, 0.15) is 22.5 Å². The summed E-state index contributed by atoms with van der Waals surface area (Å²) < 4.78 is 3.44. The minimum absolute atomic E-state index is 0.106. The van der Waals surface area contributed by atoms with Gasteiger partial charge in [-0.25, -0.2) is 0 Å². The molecule has 0 radical (unpaired) electrons. The molecule has 0 aliphatic rings. The predicted octanol–water partition coefficient (Wildman–Crippen LogP) is 5.78. The number of aromatic nitrogens is 1. The zero-order valence-electron chi connectivity index (χ0n) is 13.9. The van der Waals surface area contributed by atoms with Gasteiger partial charge in [-0.05, 0) is 90.0 Å². The highest BCUT2D eigenvalue weighted by molar-refractivity contribution is 14.1. The molecule has 1 heterocycles. The van der Waals surface area contributed by atoms with Gasteiger partial charge < -0.3 is 4.57 Å². The predicted molar refractivity (Wildman–Crippen MR) is 110 cm³/mol. The highest BCUT2D eigenvalue weighted by atomic mass is 127. The van der Waals surface area contributed by atoms with Crippen molar-refractivity contribution in [2.24, 2.45) is 0 Å². The van der Waals surface area contributed by atoms with Gasteiger partial charge >= 0.3 is 0 Å². The molecule has 0 aliphatic carbocycles. The van der Waals surface area contributed by atoms with E-state index in [1.807, 2.05) is 12.2 Å². The Morgan fingerprint density at radius 1 is 1.00 bits per heavy atom. The van der Waals surface area contributed by atoms with Crippen molar-refractivity contribution in [3.05, 3.63) is 90.8 Å². The fourth-order valence-electron chi connectivity index (χ4n) is 2.84. The number of nitro benzene ring substituents is 1. The molecule has 0 atom stereocenters. The summed E-state index contributed by atoms with van der Waals surface area (Å²) in [4.78, 5) is 10.3. The molecular formula is C20H17IN2O2. The molecule has 2 aromatic carbocycles. The molecule has 3 rings (SSSR count). The first-order valence-corrected chi connectivity index (χ1v) is 8.91. The topological polar surface area (TPSA) is 48.1 Å². The number of aryl methyl sites for hydroxylation is 1. The summed E-state index contributed by atoms with van der Waals surface area (Å²) in [7, 11) is 0. The average Bonchev–Trinajstić information content (AvgIpc) is 2.88. The van der Waals surface area contributed by atoms with Crippen LogP contribution in [0.3, 0.4) is 0 Å². The lowest BCUT2D eigenvalue weighted by atomic mass is 10.1. The van der Waals surface area contributed by atoms with E-state index < -0.39 is 0 Å². The van der Waals surface area contributed by atoms with Crippen LogP contribution in [-0.2, 0) is 0 Å². The number of non-ortho nitro benzene ring substituents is 1. The lowest BCUT2D eigenvalue weighted by molar-refractivity contribution is -0.384. The maximum atomic E-state index is 10.7. The third kappa shape index (κ3) is 3.82. The van der Waals surface area contributed by atoms with Gasteiger partial charge in [0.15, 0.2) is 0 Å². The monoisotopic (exact) mass is 444 g/mol. The largest absolute Gasteiger partial charge is 0.318 e. The Balaban J connectivity index is 1.89. The van der Waals surface area contributed by atoms with Crippen LogP contribution in [0.2, 0.25) is 0 Å². The van der Waals surface area contributed by atoms with Gasteiger partial charge in [-0.2, -0.15) is 0 Å². The second-order valence-electron chi connectivity index (χ2n) is 5.82. The van der Waals surface area contributed by atoms with Gasteiger partial charge in [0.05, 0.1) is 4.92 Å². The second-order valence-corrected chi connectivity index (χ2v) is 7.07. The molecule has 4 nitrogen and oxygen atoms in total. The van der Waals surface area contributed by atoms with Crippen molar-refractivity contribution in [1.29, 1.82) is 0 Å². The fourth-order valence-corrected chi connectivity index (χ4v) is 3.20. The SMILES string of the molecule is Cc1cc(C=Cc2ccc([N+](=O)[O-])cc2)c(C)n1-c1ccc(I)cc1. The third-order valence-corrected chi connectivity index (χ3v) is 4.83. The van der Waals surface area contributed by atoms with E-state index >= 15 is 0 Å². The lowest BCUT2D eigenvalue weighted by Crippen LogP contribution is -1.98. The Morgan fingerprint density at radius 2 is 1.64 bits per heavy atom. The number of benzene rings is 2. The van der Waals surface area contributed by atoms with E-state index in [2.05, 4.69) is 71.3 Å². The number of halogens is 1. The molecule has 0 bridgehead atoms. The Bertz CT molecular complexity index is 939. The summed E-state index contributed by atoms with van der Waals surface area (Å²) in [6, 6.07) is 17.1. The van der Waals surface area contributed by atoms with Gasteiger partial charge in [-0.3, -0.25) is 10.1 Å². The van der Waals surface area contributed by atoms with E-state index in [1.54, 1.807) is 12.1 Å². The molecule has 5 heteroatoms. The van der Waals surface area contributed by atoms with Crippen molar-refractivity contribution < 1.29 is 4.92 Å². The maximum Gasteiger partial charge on any atom is 0.269 e. The van der Waals surface area contributed by atoms with Gasteiger partial charge in [0.25, 0.3) is 5.69 Å². The highest BCUT2D eigenvalue weighted by Gasteiger charge is 2.09. The first kappa shape index (κ1) is 17.4. The van der Waals surface area contributed by atoms with Gasteiger partial charge in [-0.1, -0.05) is 12.2 Å². The van der Waals surface area contributed by atoms with Crippen molar-refractivity contribution in [2.75, 3.05) is 0 Å². The molecule has 0 spiro atoms. The van der Waals surface area contributed by atoms with Gasteiger partial charge in [-0.15, -0.1) is 0 Å². The molecule has 0 fully saturated rings. The summed E-state index contributed by atoms with van der Waals surface area (Å²) in [5.41, 5.74) is 5.65. The molecule has 0 N–H and O–H groups in total. The highest BCUT2D eigenvalue weighted by Crippen LogP contribution is 2.23. The number of nitro groups is 1. The van der Waals surface area contributed by atoms with E-state index in [0.717, 1.165) is 22.5 Å². The molecule has 0 saturated heterocycles. The Labute approximate surface area is 160 Å². The van der Waals surface area contributed by atoms with E-state index in [0.29, 0.717) is 0 Å². The van der Waals surface area contributed by atoms with Crippen LogP contribution in [0.25, 0.3) is 17.8 Å². The van der Waals surface area contributed by atoms with Crippen molar-refractivity contribution >= 4 is 40.4 Å². The molecule has 25 heavy (non-hydrogen) atoms. The van der Waals surface area contributed by atoms with Crippen molar-refractivity contribution in [2.45, 2.75) is 13.8 Å². The van der Waals surface area contributed by atoms with E-state index in [9.17, 15) is 10.1 Å². The Kier molecular flexibility index (Phi) is 5.03. The summed E-state index contributed by atoms with van der Waals surface area (Å²) in [5, 5.41) is 10.7. The standard InChI is InChI=1S/C20H17IN2O2/c1-14-13-17(6-3-16-4-9-20(10-5-16)23(24)25)15(2)22(14)19-11-7-18(21)8-12-19/h3-13H,1-2H3. The van der Waals surface area contributed by atoms with Crippen LogP contribution in [-0.4, -0.2) is 9.49 Å². The van der Waals surface area contributed by atoms with Crippen molar-refractivity contribution in [3.8, 4) is 5.69 Å². The lowest BCUT2D eigenvalue weighted by Gasteiger charge is -2.09. The quantitative estimate of drug-likeness (QED) is 0.291. The van der Waals surface area contributed by atoms with Crippen LogP contribution >= 0.6 is 22.6 Å². The summed E-state index contributed by atoms with van der Waals surface area (Å²) in [6.45, 7) is 4.19. The van der Waals surface area contributed by atoms with Crippen molar-refractivity contribution in [1.82, 2.24) is 4.57 Å². The first-order valence-electron chi connectivity index (χ1n) is 7.83. The fraction of sp³-hybridized carbons (Fsp3) is 0.100. The molecule has 0 saturated carbocycles. The van der Waals surface area contributed by atoms with Crippen molar-refractivity contribution in [3.63, 3.8) is 0 Å². The zero-order valence-corrected chi connectivity index (χ0v) is 16.1. The molecule has 3 aromatic rings. The summed E-state index contributed by atoms with van der Waals surface area (Å²) >= 11 is 2.30. The number of hydrogen-bond acceptors (Lipinski definition) is 2. The van der Waals surface area contributed by atoms with E-state index in [4.69, 9.17) is 0 Å².